The SMILES string of the molecule is CC(C)CC(NC(=O)C(CCC(N)=O)NC(=O)C(Cc1cnc[nH]1)NC(=O)C(N)CCC(=O)O)C(=O)O. The van der Waals surface area contributed by atoms with Gasteiger partial charge in [0.15, 0.2) is 0 Å². The summed E-state index contributed by atoms with van der Waals surface area (Å²) in [6.45, 7) is 3.55. The number of aromatic amines is 1. The number of nitrogens with zero attached hydrogens (tertiary/aromatic N) is 1. The number of primary amides is 1. The van der Waals surface area contributed by atoms with Crippen molar-refractivity contribution in [2.24, 2.45) is 17.4 Å². The van der Waals surface area contributed by atoms with Crippen LogP contribution in [0.3, 0.4) is 0 Å². The second-order valence-corrected chi connectivity index (χ2v) is 8.98. The number of hydrogen-bond donors (Lipinski definition) is 8. The number of amides is 4. The Morgan fingerprint density at radius 2 is 1.51 bits per heavy atom. The minimum absolute atomic E-state index is 0.0561. The number of carboxylic acid groups (broad SMARTS) is 2. The summed E-state index contributed by atoms with van der Waals surface area (Å²) >= 11 is 0. The Balaban J connectivity index is 3.07. The summed E-state index contributed by atoms with van der Waals surface area (Å²) in [5.41, 5.74) is 11.4. The fourth-order valence-electron chi connectivity index (χ4n) is 3.31. The van der Waals surface area contributed by atoms with Gasteiger partial charge < -0.3 is 42.6 Å². The van der Waals surface area contributed by atoms with Gasteiger partial charge in [-0.2, -0.15) is 0 Å². The molecule has 15 heteroatoms. The van der Waals surface area contributed by atoms with Crippen molar-refractivity contribution in [1.82, 2.24) is 25.9 Å². The molecule has 1 rings (SSSR count). The number of aromatic nitrogens is 2. The zero-order chi connectivity index (χ0) is 28.1. The van der Waals surface area contributed by atoms with E-state index in [0.717, 1.165) is 0 Å². The van der Waals surface area contributed by atoms with Crippen molar-refractivity contribution in [2.75, 3.05) is 0 Å². The maximum Gasteiger partial charge on any atom is 0.326 e. The summed E-state index contributed by atoms with van der Waals surface area (Å²) in [7, 11) is 0. The standard InChI is InChI=1S/C22H35N7O8/c1-11(2)7-16(22(36)37)29-20(34)14(4-5-17(24)30)27-21(35)15(8-12-9-25-10-26-12)28-19(33)13(23)3-6-18(31)32/h9-11,13-16H,3-8,23H2,1-2H3,(H2,24,30)(H,25,26)(H,27,35)(H,28,33)(H,29,34)(H,31,32)(H,36,37). The van der Waals surface area contributed by atoms with Gasteiger partial charge in [-0.05, 0) is 25.2 Å². The minimum atomic E-state index is -1.34. The number of rotatable bonds is 17. The first-order chi connectivity index (χ1) is 17.3. The average Bonchev–Trinajstić information content (AvgIpc) is 3.31. The number of nitrogens with two attached hydrogens (primary N) is 2. The van der Waals surface area contributed by atoms with Crippen LogP contribution in [0.1, 0.15) is 51.6 Å². The van der Waals surface area contributed by atoms with Crippen LogP contribution in [0.4, 0.5) is 0 Å². The van der Waals surface area contributed by atoms with E-state index in [1.54, 1.807) is 13.8 Å². The minimum Gasteiger partial charge on any atom is -0.481 e. The summed E-state index contributed by atoms with van der Waals surface area (Å²) < 4.78 is 0. The maximum atomic E-state index is 13.1. The van der Waals surface area contributed by atoms with Gasteiger partial charge in [-0.25, -0.2) is 9.78 Å². The fourth-order valence-corrected chi connectivity index (χ4v) is 3.31. The van der Waals surface area contributed by atoms with Crippen LogP contribution in [0.15, 0.2) is 12.5 Å². The quantitative estimate of drug-likeness (QED) is 0.111. The molecule has 0 aliphatic rings. The molecule has 1 aromatic heterocycles. The molecule has 0 fully saturated rings. The van der Waals surface area contributed by atoms with E-state index in [1.165, 1.54) is 12.5 Å². The molecule has 0 aliphatic heterocycles. The number of carbonyl (C=O) groups is 6. The molecule has 1 aromatic rings. The Kier molecular flexibility index (Phi) is 12.7. The molecular weight excluding hydrogens is 490 g/mol. The van der Waals surface area contributed by atoms with Crippen molar-refractivity contribution < 1.29 is 39.0 Å². The molecule has 206 valence electrons. The molecule has 4 unspecified atom stereocenters. The first-order valence-electron chi connectivity index (χ1n) is 11.7. The number of carboxylic acids is 2. The molecular formula is C22H35N7O8. The van der Waals surface area contributed by atoms with Crippen molar-refractivity contribution in [1.29, 1.82) is 0 Å². The zero-order valence-electron chi connectivity index (χ0n) is 20.7. The van der Waals surface area contributed by atoms with Crippen LogP contribution in [0.2, 0.25) is 0 Å². The third-order valence-electron chi connectivity index (χ3n) is 5.25. The summed E-state index contributed by atoms with van der Waals surface area (Å²) in [6.07, 6.45) is 1.79. The highest BCUT2D eigenvalue weighted by Crippen LogP contribution is 2.08. The van der Waals surface area contributed by atoms with E-state index in [9.17, 15) is 33.9 Å². The maximum absolute atomic E-state index is 13.1. The third kappa shape index (κ3) is 12.0. The van der Waals surface area contributed by atoms with E-state index in [-0.39, 0.29) is 44.4 Å². The number of H-pyrrole nitrogens is 1. The largest absolute Gasteiger partial charge is 0.481 e. The van der Waals surface area contributed by atoms with Gasteiger partial charge in [0, 0.05) is 31.2 Å². The molecule has 0 radical (unpaired) electrons. The number of hydrogen-bond acceptors (Lipinski definition) is 8. The molecule has 15 nitrogen and oxygen atoms in total. The van der Waals surface area contributed by atoms with Crippen molar-refractivity contribution in [3.8, 4) is 0 Å². The summed E-state index contributed by atoms with van der Waals surface area (Å²) in [5, 5.41) is 25.5. The number of nitrogens with one attached hydrogen (secondary N) is 4. The number of imidazole rings is 1. The second-order valence-electron chi connectivity index (χ2n) is 8.98. The predicted octanol–water partition coefficient (Wildman–Crippen LogP) is -2.01. The van der Waals surface area contributed by atoms with Gasteiger partial charge in [-0.3, -0.25) is 24.0 Å². The zero-order valence-corrected chi connectivity index (χ0v) is 20.7. The van der Waals surface area contributed by atoms with E-state index >= 15 is 0 Å². The second kappa shape index (κ2) is 15.2. The molecule has 0 aliphatic carbocycles. The topological polar surface area (TPSA) is 260 Å². The molecule has 0 spiro atoms. The van der Waals surface area contributed by atoms with E-state index in [0.29, 0.717) is 5.69 Å². The monoisotopic (exact) mass is 525 g/mol. The lowest BCUT2D eigenvalue weighted by atomic mass is 10.0. The molecule has 1 heterocycles. The summed E-state index contributed by atoms with van der Waals surface area (Å²) in [4.78, 5) is 78.8. The lowest BCUT2D eigenvalue weighted by Crippen LogP contribution is -2.57. The summed E-state index contributed by atoms with van der Waals surface area (Å²) in [5.74, 6) is -5.66. The normalized spacial score (nSPS) is 14.2. The van der Waals surface area contributed by atoms with Gasteiger partial charge in [-0.15, -0.1) is 0 Å². The Bertz CT molecular complexity index is 951. The lowest BCUT2D eigenvalue weighted by Gasteiger charge is -2.25. The molecule has 0 saturated heterocycles. The van der Waals surface area contributed by atoms with Crippen molar-refractivity contribution in [2.45, 2.75) is 76.5 Å². The number of carbonyl (C=O) groups excluding carboxylic acids is 4. The smallest absolute Gasteiger partial charge is 0.326 e. The van der Waals surface area contributed by atoms with Gasteiger partial charge in [-0.1, -0.05) is 13.8 Å². The van der Waals surface area contributed by atoms with E-state index < -0.39 is 59.7 Å². The van der Waals surface area contributed by atoms with E-state index in [1.807, 2.05) is 0 Å². The van der Waals surface area contributed by atoms with Crippen LogP contribution in [-0.4, -0.2) is 79.9 Å². The molecule has 0 aromatic carbocycles. The molecule has 0 bridgehead atoms. The van der Waals surface area contributed by atoms with Crippen LogP contribution < -0.4 is 27.4 Å². The first-order valence-corrected chi connectivity index (χ1v) is 11.7. The Hall–Kier alpha value is -4.01. The Morgan fingerprint density at radius 1 is 0.919 bits per heavy atom. The van der Waals surface area contributed by atoms with Gasteiger partial charge in [0.25, 0.3) is 0 Å². The van der Waals surface area contributed by atoms with E-state index in [2.05, 4.69) is 25.9 Å². The predicted molar refractivity (Wildman–Crippen MR) is 128 cm³/mol. The van der Waals surface area contributed by atoms with E-state index in [4.69, 9.17) is 16.6 Å². The Labute approximate surface area is 213 Å². The lowest BCUT2D eigenvalue weighted by molar-refractivity contribution is -0.143. The van der Waals surface area contributed by atoms with Crippen LogP contribution in [-0.2, 0) is 35.2 Å². The molecule has 37 heavy (non-hydrogen) atoms. The van der Waals surface area contributed by atoms with Gasteiger partial charge in [0.2, 0.25) is 23.6 Å². The average molecular weight is 526 g/mol. The highest BCUT2D eigenvalue weighted by Gasteiger charge is 2.31. The summed E-state index contributed by atoms with van der Waals surface area (Å²) in [6, 6.07) is -5.04. The van der Waals surface area contributed by atoms with Gasteiger partial charge in [0.05, 0.1) is 12.4 Å². The van der Waals surface area contributed by atoms with Crippen molar-refractivity contribution in [3.63, 3.8) is 0 Å². The van der Waals surface area contributed by atoms with Crippen LogP contribution in [0.5, 0.6) is 0 Å². The van der Waals surface area contributed by atoms with Crippen LogP contribution >= 0.6 is 0 Å². The third-order valence-corrected chi connectivity index (χ3v) is 5.25. The molecule has 10 N–H and O–H groups in total. The molecule has 4 amide bonds. The Morgan fingerprint density at radius 3 is 2.03 bits per heavy atom. The molecule has 0 saturated carbocycles. The first kappa shape index (κ1) is 31.0. The van der Waals surface area contributed by atoms with Crippen LogP contribution in [0.25, 0.3) is 0 Å². The highest BCUT2D eigenvalue weighted by molar-refractivity contribution is 5.94. The van der Waals surface area contributed by atoms with Gasteiger partial charge >= 0.3 is 11.9 Å². The molecule has 4 atom stereocenters. The number of aliphatic carboxylic acids is 2. The van der Waals surface area contributed by atoms with Gasteiger partial charge in [0.1, 0.15) is 18.1 Å². The van der Waals surface area contributed by atoms with Crippen LogP contribution in [0, 0.1) is 5.92 Å². The van der Waals surface area contributed by atoms with Crippen molar-refractivity contribution in [3.05, 3.63) is 18.2 Å². The highest BCUT2D eigenvalue weighted by atomic mass is 16.4. The van der Waals surface area contributed by atoms with Crippen molar-refractivity contribution >= 4 is 35.6 Å². The fraction of sp³-hybridized carbons (Fsp3) is 0.591.